The quantitative estimate of drug-likeness (QED) is 0.733. The molecule has 0 aromatic heterocycles. The number of thiocarbonyl (C=S) groups is 1. The molecule has 5 nitrogen and oxygen atoms in total. The van der Waals surface area contributed by atoms with Gasteiger partial charge < -0.3 is 20.1 Å². The number of hydrogen-bond donors (Lipinski definition) is 1. The lowest BCUT2D eigenvalue weighted by atomic mass is 9.80. The number of nitrogens with zero attached hydrogens (tertiary/aromatic N) is 1. The molecule has 1 amide bonds. The van der Waals surface area contributed by atoms with Crippen molar-refractivity contribution in [3.63, 3.8) is 0 Å². The summed E-state index contributed by atoms with van der Waals surface area (Å²) in [7, 11) is 0. The monoisotopic (exact) mass is 272 g/mol. The van der Waals surface area contributed by atoms with Crippen molar-refractivity contribution in [1.82, 2.24) is 4.90 Å². The topological polar surface area (TPSA) is 64.8 Å². The molecule has 2 aliphatic heterocycles. The van der Waals surface area contributed by atoms with Crippen LogP contribution in [0.1, 0.15) is 19.8 Å². The van der Waals surface area contributed by atoms with Crippen molar-refractivity contribution in [2.45, 2.75) is 25.9 Å². The van der Waals surface area contributed by atoms with Crippen molar-refractivity contribution in [2.24, 2.45) is 11.1 Å². The van der Waals surface area contributed by atoms with Crippen LogP contribution >= 0.6 is 12.2 Å². The molecule has 2 saturated heterocycles. The van der Waals surface area contributed by atoms with Gasteiger partial charge in [0, 0.05) is 18.5 Å². The Kier molecular flexibility index (Phi) is 4.19. The van der Waals surface area contributed by atoms with E-state index < -0.39 is 6.10 Å². The number of amides is 1. The van der Waals surface area contributed by atoms with Crippen molar-refractivity contribution in [1.29, 1.82) is 0 Å². The maximum atomic E-state index is 12.2. The van der Waals surface area contributed by atoms with Crippen LogP contribution in [0, 0.1) is 5.41 Å². The number of piperidine rings is 1. The largest absolute Gasteiger partial charge is 0.393 e. The van der Waals surface area contributed by atoms with E-state index in [1.54, 1.807) is 0 Å². The summed E-state index contributed by atoms with van der Waals surface area (Å²) in [4.78, 5) is 14.6. The van der Waals surface area contributed by atoms with Gasteiger partial charge in [-0.3, -0.25) is 4.79 Å². The van der Waals surface area contributed by atoms with E-state index in [0.717, 1.165) is 12.8 Å². The van der Waals surface area contributed by atoms with E-state index >= 15 is 0 Å². The Morgan fingerprint density at radius 3 is 2.56 bits per heavy atom. The van der Waals surface area contributed by atoms with E-state index in [4.69, 9.17) is 27.4 Å². The predicted molar refractivity (Wildman–Crippen MR) is 71.3 cm³/mol. The number of rotatable bonds is 2. The number of nitrogens with two attached hydrogens (primary N) is 1. The first kappa shape index (κ1) is 13.7. The van der Waals surface area contributed by atoms with Gasteiger partial charge in [0.2, 0.25) is 0 Å². The van der Waals surface area contributed by atoms with Gasteiger partial charge in [-0.05, 0) is 12.8 Å². The van der Waals surface area contributed by atoms with Gasteiger partial charge in [-0.15, -0.1) is 0 Å². The Labute approximate surface area is 113 Å². The molecule has 2 rings (SSSR count). The molecular formula is C12H20N2O3S. The Morgan fingerprint density at radius 2 is 2.06 bits per heavy atom. The van der Waals surface area contributed by atoms with Crippen LogP contribution in [-0.4, -0.2) is 54.8 Å². The maximum absolute atomic E-state index is 12.2. The maximum Gasteiger partial charge on any atom is 0.254 e. The third-order valence-electron chi connectivity index (χ3n) is 3.86. The lowest BCUT2D eigenvalue weighted by Gasteiger charge is -2.40. The summed E-state index contributed by atoms with van der Waals surface area (Å²) in [6, 6.07) is 0. The summed E-state index contributed by atoms with van der Waals surface area (Å²) in [5.74, 6) is 0.0275. The summed E-state index contributed by atoms with van der Waals surface area (Å²) in [5, 5.41) is 0. The average molecular weight is 272 g/mol. The molecule has 2 fully saturated rings. The van der Waals surface area contributed by atoms with Gasteiger partial charge >= 0.3 is 0 Å². The molecule has 0 saturated carbocycles. The van der Waals surface area contributed by atoms with Gasteiger partial charge in [0.25, 0.3) is 5.91 Å². The van der Waals surface area contributed by atoms with E-state index in [9.17, 15) is 4.79 Å². The number of carbonyl (C=O) groups is 1. The van der Waals surface area contributed by atoms with Gasteiger partial charge in [0.15, 0.2) is 6.10 Å². The molecule has 2 heterocycles. The molecule has 2 N–H and O–H groups in total. The molecule has 18 heavy (non-hydrogen) atoms. The van der Waals surface area contributed by atoms with Gasteiger partial charge in [0.05, 0.1) is 24.8 Å². The fourth-order valence-electron chi connectivity index (χ4n) is 2.30. The highest BCUT2D eigenvalue weighted by Crippen LogP contribution is 2.31. The Balaban J connectivity index is 1.89. The highest BCUT2D eigenvalue weighted by atomic mass is 32.1. The molecule has 1 unspecified atom stereocenters. The molecule has 0 bridgehead atoms. The fraction of sp³-hybridized carbons (Fsp3) is 0.833. The smallest absolute Gasteiger partial charge is 0.254 e. The van der Waals surface area contributed by atoms with Crippen molar-refractivity contribution in [3.05, 3.63) is 0 Å². The number of hydrogen-bond acceptors (Lipinski definition) is 4. The van der Waals surface area contributed by atoms with Crippen LogP contribution in [0.4, 0.5) is 0 Å². The molecular weight excluding hydrogens is 252 g/mol. The SMILES string of the molecule is CC1(C(N)=S)CCN(C(=O)C2COCCO2)CC1. The summed E-state index contributed by atoms with van der Waals surface area (Å²) in [6.45, 7) is 4.87. The highest BCUT2D eigenvalue weighted by Gasteiger charge is 2.36. The van der Waals surface area contributed by atoms with Crippen LogP contribution in [-0.2, 0) is 14.3 Å². The Hall–Kier alpha value is -0.720. The molecule has 0 aromatic carbocycles. The summed E-state index contributed by atoms with van der Waals surface area (Å²) in [6.07, 6.45) is 1.21. The molecule has 6 heteroatoms. The van der Waals surface area contributed by atoms with Crippen LogP contribution in [0.5, 0.6) is 0 Å². The second-order valence-corrected chi connectivity index (χ2v) is 5.62. The first-order valence-electron chi connectivity index (χ1n) is 6.31. The first-order chi connectivity index (χ1) is 8.53. The third-order valence-corrected chi connectivity index (χ3v) is 4.36. The van der Waals surface area contributed by atoms with Crippen LogP contribution in [0.2, 0.25) is 0 Å². The summed E-state index contributed by atoms with van der Waals surface area (Å²) < 4.78 is 10.7. The minimum atomic E-state index is -0.437. The fourth-order valence-corrected chi connectivity index (χ4v) is 2.51. The zero-order valence-corrected chi connectivity index (χ0v) is 11.5. The summed E-state index contributed by atoms with van der Waals surface area (Å²) in [5.41, 5.74) is 5.63. The van der Waals surface area contributed by atoms with Gasteiger partial charge in [-0.2, -0.15) is 0 Å². The second-order valence-electron chi connectivity index (χ2n) is 5.18. The number of carbonyl (C=O) groups excluding carboxylic acids is 1. The van der Waals surface area contributed by atoms with Crippen LogP contribution < -0.4 is 5.73 Å². The minimum absolute atomic E-state index is 0.0275. The Bertz CT molecular complexity index is 334. The molecule has 0 aliphatic carbocycles. The average Bonchev–Trinajstić information content (AvgIpc) is 2.40. The second kappa shape index (κ2) is 5.50. The van der Waals surface area contributed by atoms with E-state index in [2.05, 4.69) is 6.92 Å². The first-order valence-corrected chi connectivity index (χ1v) is 6.72. The van der Waals surface area contributed by atoms with Crippen molar-refractivity contribution >= 4 is 23.1 Å². The zero-order valence-electron chi connectivity index (χ0n) is 10.7. The van der Waals surface area contributed by atoms with Gasteiger partial charge in [0.1, 0.15) is 0 Å². The van der Waals surface area contributed by atoms with E-state index in [-0.39, 0.29) is 11.3 Å². The Morgan fingerprint density at radius 1 is 1.39 bits per heavy atom. The van der Waals surface area contributed by atoms with Crippen LogP contribution in [0.3, 0.4) is 0 Å². The normalized spacial score (nSPS) is 27.8. The number of ether oxygens (including phenoxy) is 2. The lowest BCUT2D eigenvalue weighted by molar-refractivity contribution is -0.159. The molecule has 0 radical (unpaired) electrons. The predicted octanol–water partition coefficient (Wildman–Crippen LogP) is 0.317. The molecule has 0 spiro atoms. The van der Waals surface area contributed by atoms with Crippen LogP contribution in [0.25, 0.3) is 0 Å². The van der Waals surface area contributed by atoms with Crippen molar-refractivity contribution in [3.8, 4) is 0 Å². The molecule has 2 aliphatic rings. The van der Waals surface area contributed by atoms with E-state index in [1.807, 2.05) is 4.90 Å². The minimum Gasteiger partial charge on any atom is -0.393 e. The standard InChI is InChI=1S/C12H20N2O3S/c1-12(11(13)18)2-4-14(5-3-12)10(15)9-8-16-6-7-17-9/h9H,2-8H2,1H3,(H2,13,18). The lowest BCUT2D eigenvalue weighted by Crippen LogP contribution is -2.51. The number of likely N-dealkylation sites (tertiary alicyclic amines) is 1. The zero-order chi connectivity index (χ0) is 13.2. The van der Waals surface area contributed by atoms with Crippen molar-refractivity contribution < 1.29 is 14.3 Å². The molecule has 1 atom stereocenters. The highest BCUT2D eigenvalue weighted by molar-refractivity contribution is 7.80. The van der Waals surface area contributed by atoms with Crippen LogP contribution in [0.15, 0.2) is 0 Å². The third kappa shape index (κ3) is 2.81. The van der Waals surface area contributed by atoms with E-state index in [1.165, 1.54) is 0 Å². The van der Waals surface area contributed by atoms with Crippen molar-refractivity contribution in [2.75, 3.05) is 32.9 Å². The van der Waals surface area contributed by atoms with Gasteiger partial charge in [-0.1, -0.05) is 19.1 Å². The summed E-state index contributed by atoms with van der Waals surface area (Å²) >= 11 is 5.09. The van der Waals surface area contributed by atoms with Gasteiger partial charge in [-0.25, -0.2) is 0 Å². The van der Waals surface area contributed by atoms with E-state index in [0.29, 0.717) is 37.9 Å². The molecule has 0 aromatic rings. The molecule has 102 valence electrons.